The molecule has 0 N–H and O–H groups in total. The second-order valence-electron chi connectivity index (χ2n) is 4.21. The maximum absolute atomic E-state index is 6.24. The Balaban J connectivity index is 2.38. The van der Waals surface area contributed by atoms with Crippen molar-refractivity contribution in [2.24, 2.45) is 5.16 Å². The van der Waals surface area contributed by atoms with Crippen LogP contribution in [-0.4, -0.2) is 19.4 Å². The molecule has 0 saturated carbocycles. The molecule has 1 saturated heterocycles. The first kappa shape index (κ1) is 13.7. The van der Waals surface area contributed by atoms with Crippen LogP contribution in [0.3, 0.4) is 0 Å². The van der Waals surface area contributed by atoms with Crippen molar-refractivity contribution >= 4 is 28.9 Å². The predicted molar refractivity (Wildman–Crippen MR) is 73.4 cm³/mol. The molecule has 1 heterocycles. The van der Waals surface area contributed by atoms with Crippen molar-refractivity contribution in [1.82, 2.24) is 0 Å². The van der Waals surface area contributed by atoms with Gasteiger partial charge in [-0.3, -0.25) is 0 Å². The van der Waals surface area contributed by atoms with Gasteiger partial charge in [0.2, 0.25) is 0 Å². The molecule has 98 valence electrons. The first-order valence-corrected chi connectivity index (χ1v) is 6.59. The van der Waals surface area contributed by atoms with Gasteiger partial charge in [0.1, 0.15) is 7.11 Å². The van der Waals surface area contributed by atoms with Crippen molar-refractivity contribution in [2.75, 3.05) is 13.7 Å². The lowest BCUT2D eigenvalue weighted by Crippen LogP contribution is -2.23. The highest BCUT2D eigenvalue weighted by Crippen LogP contribution is 2.45. The Kier molecular flexibility index (Phi) is 4.15. The summed E-state index contributed by atoms with van der Waals surface area (Å²) in [6, 6.07) is 5.42. The fourth-order valence-electron chi connectivity index (χ4n) is 2.04. The first-order chi connectivity index (χ1) is 8.64. The summed E-state index contributed by atoms with van der Waals surface area (Å²) >= 11 is 12.1. The van der Waals surface area contributed by atoms with E-state index in [4.69, 9.17) is 32.8 Å². The van der Waals surface area contributed by atoms with Gasteiger partial charge in [-0.25, -0.2) is 0 Å². The van der Waals surface area contributed by atoms with Gasteiger partial charge in [0, 0.05) is 15.6 Å². The lowest BCUT2D eigenvalue weighted by molar-refractivity contribution is 0.207. The summed E-state index contributed by atoms with van der Waals surface area (Å²) in [6.07, 6.45) is 1.78. The van der Waals surface area contributed by atoms with Crippen molar-refractivity contribution < 1.29 is 9.57 Å². The fraction of sp³-hybridized carbons (Fsp3) is 0.462. The molecule has 1 atom stereocenters. The Morgan fingerprint density at radius 3 is 2.72 bits per heavy atom. The SMILES string of the molecule is CCCC(=NOC)C1(c2ccc(Cl)cc2Cl)CO1. The minimum absolute atomic E-state index is 0.520. The zero-order valence-corrected chi connectivity index (χ0v) is 11.9. The molecule has 0 aromatic heterocycles. The maximum atomic E-state index is 6.24. The van der Waals surface area contributed by atoms with Crippen molar-refractivity contribution in [3.63, 3.8) is 0 Å². The van der Waals surface area contributed by atoms with Crippen molar-refractivity contribution in [2.45, 2.75) is 25.4 Å². The molecule has 0 radical (unpaired) electrons. The minimum atomic E-state index is -0.520. The summed E-state index contributed by atoms with van der Waals surface area (Å²) in [4.78, 5) is 4.91. The zero-order chi connectivity index (χ0) is 13.2. The van der Waals surface area contributed by atoms with E-state index in [1.807, 2.05) is 12.1 Å². The lowest BCUT2D eigenvalue weighted by atomic mass is 9.92. The molecule has 1 aliphatic rings. The highest BCUT2D eigenvalue weighted by molar-refractivity contribution is 6.35. The van der Waals surface area contributed by atoms with Crippen molar-refractivity contribution in [3.8, 4) is 0 Å². The average Bonchev–Trinajstić information content (AvgIpc) is 3.10. The molecule has 3 nitrogen and oxygen atoms in total. The van der Waals surface area contributed by atoms with Gasteiger partial charge in [-0.2, -0.15) is 0 Å². The van der Waals surface area contributed by atoms with Crippen LogP contribution in [0.25, 0.3) is 0 Å². The molecule has 1 aliphatic heterocycles. The van der Waals surface area contributed by atoms with Gasteiger partial charge in [0.15, 0.2) is 5.60 Å². The molecule has 2 rings (SSSR count). The van der Waals surface area contributed by atoms with E-state index in [9.17, 15) is 0 Å². The van der Waals surface area contributed by atoms with E-state index >= 15 is 0 Å². The third kappa shape index (κ3) is 2.48. The third-order valence-electron chi connectivity index (χ3n) is 2.95. The highest BCUT2D eigenvalue weighted by Gasteiger charge is 2.52. The number of nitrogens with zero attached hydrogens (tertiary/aromatic N) is 1. The molecule has 5 heteroatoms. The van der Waals surface area contributed by atoms with Crippen molar-refractivity contribution in [1.29, 1.82) is 0 Å². The van der Waals surface area contributed by atoms with E-state index < -0.39 is 5.60 Å². The van der Waals surface area contributed by atoms with Crippen LogP contribution in [0.5, 0.6) is 0 Å². The van der Waals surface area contributed by atoms with E-state index in [0.29, 0.717) is 16.7 Å². The number of epoxide rings is 1. The monoisotopic (exact) mass is 287 g/mol. The van der Waals surface area contributed by atoms with Crippen LogP contribution in [-0.2, 0) is 15.2 Å². The zero-order valence-electron chi connectivity index (χ0n) is 10.4. The van der Waals surface area contributed by atoms with E-state index in [2.05, 4.69) is 12.1 Å². The Morgan fingerprint density at radius 1 is 1.50 bits per heavy atom. The predicted octanol–water partition coefficient (Wildman–Crippen LogP) is 4.02. The Bertz CT molecular complexity index is 470. The number of hydrogen-bond acceptors (Lipinski definition) is 3. The quantitative estimate of drug-likeness (QED) is 0.466. The number of oxime groups is 1. The number of benzene rings is 1. The Morgan fingerprint density at radius 2 is 2.22 bits per heavy atom. The molecule has 1 aromatic carbocycles. The molecule has 0 aliphatic carbocycles. The first-order valence-electron chi connectivity index (χ1n) is 5.84. The molecule has 1 unspecified atom stereocenters. The van der Waals surface area contributed by atoms with Crippen LogP contribution in [0.1, 0.15) is 25.3 Å². The lowest BCUT2D eigenvalue weighted by Gasteiger charge is -2.16. The van der Waals surface area contributed by atoms with Gasteiger partial charge in [-0.15, -0.1) is 0 Å². The summed E-state index contributed by atoms with van der Waals surface area (Å²) < 4.78 is 5.63. The van der Waals surface area contributed by atoms with Crippen LogP contribution >= 0.6 is 23.2 Å². The minimum Gasteiger partial charge on any atom is -0.399 e. The Hall–Kier alpha value is -0.770. The average molecular weight is 288 g/mol. The summed E-state index contributed by atoms with van der Waals surface area (Å²) in [5.74, 6) is 0. The molecule has 1 aromatic rings. The number of ether oxygens (including phenoxy) is 1. The molecular weight excluding hydrogens is 273 g/mol. The van der Waals surface area contributed by atoms with Crippen LogP contribution in [0.2, 0.25) is 10.0 Å². The highest BCUT2D eigenvalue weighted by atomic mass is 35.5. The van der Waals surface area contributed by atoms with Crippen LogP contribution < -0.4 is 0 Å². The molecular formula is C13H15Cl2NO2. The van der Waals surface area contributed by atoms with Crippen molar-refractivity contribution in [3.05, 3.63) is 33.8 Å². The van der Waals surface area contributed by atoms with E-state index in [0.717, 1.165) is 24.1 Å². The van der Waals surface area contributed by atoms with Crippen LogP contribution in [0, 0.1) is 0 Å². The maximum Gasteiger partial charge on any atom is 0.159 e. The summed E-state index contributed by atoms with van der Waals surface area (Å²) in [7, 11) is 1.54. The largest absolute Gasteiger partial charge is 0.399 e. The molecule has 18 heavy (non-hydrogen) atoms. The molecule has 0 bridgehead atoms. The van der Waals surface area contributed by atoms with Gasteiger partial charge < -0.3 is 9.57 Å². The normalized spacial score (nSPS) is 23.0. The van der Waals surface area contributed by atoms with Gasteiger partial charge in [0.05, 0.1) is 12.3 Å². The summed E-state index contributed by atoms with van der Waals surface area (Å²) in [5, 5.41) is 5.30. The number of rotatable bonds is 5. The van der Waals surface area contributed by atoms with Gasteiger partial charge in [-0.1, -0.05) is 47.8 Å². The summed E-state index contributed by atoms with van der Waals surface area (Å²) in [6.45, 7) is 2.67. The number of hydrogen-bond donors (Lipinski definition) is 0. The molecule has 0 amide bonds. The Labute approximate surface area is 117 Å². The summed E-state index contributed by atoms with van der Waals surface area (Å²) in [5.41, 5.74) is 1.25. The van der Waals surface area contributed by atoms with E-state index in [-0.39, 0.29) is 0 Å². The second kappa shape index (κ2) is 5.47. The topological polar surface area (TPSA) is 34.1 Å². The molecule has 0 spiro atoms. The molecule has 1 fully saturated rings. The van der Waals surface area contributed by atoms with Gasteiger partial charge >= 0.3 is 0 Å². The standard InChI is InChI=1S/C13H15Cl2NO2/c1-3-4-12(16-17-2)13(8-18-13)10-6-5-9(14)7-11(10)15/h5-7H,3-4,8H2,1-2H3. The third-order valence-corrected chi connectivity index (χ3v) is 3.50. The smallest absolute Gasteiger partial charge is 0.159 e. The fourth-order valence-corrected chi connectivity index (χ4v) is 2.60. The van der Waals surface area contributed by atoms with Gasteiger partial charge in [-0.05, 0) is 18.6 Å². The van der Waals surface area contributed by atoms with E-state index in [1.165, 1.54) is 7.11 Å². The second-order valence-corrected chi connectivity index (χ2v) is 5.05. The van der Waals surface area contributed by atoms with Crippen LogP contribution in [0.15, 0.2) is 23.4 Å². The van der Waals surface area contributed by atoms with Crippen LogP contribution in [0.4, 0.5) is 0 Å². The van der Waals surface area contributed by atoms with E-state index in [1.54, 1.807) is 6.07 Å². The number of halogens is 2. The van der Waals surface area contributed by atoms with Gasteiger partial charge in [0.25, 0.3) is 0 Å².